The third-order valence-corrected chi connectivity index (χ3v) is 3.48. The number of hydrazine groups is 1. The predicted octanol–water partition coefficient (Wildman–Crippen LogP) is 4.33. The molecule has 0 aromatic heterocycles. The molecule has 0 aliphatic heterocycles. The summed E-state index contributed by atoms with van der Waals surface area (Å²) >= 11 is 0. The molecule has 0 saturated heterocycles. The van der Waals surface area contributed by atoms with Gasteiger partial charge in [-0.25, -0.2) is 22.0 Å². The summed E-state index contributed by atoms with van der Waals surface area (Å²) in [7, 11) is 0. The van der Waals surface area contributed by atoms with E-state index in [0.29, 0.717) is 12.4 Å². The Morgan fingerprint density at radius 2 is 1.50 bits per heavy atom. The zero-order chi connectivity index (χ0) is 20.8. The van der Waals surface area contributed by atoms with Crippen LogP contribution in [0.5, 0.6) is 11.5 Å². The lowest BCUT2D eigenvalue weighted by atomic mass is 10.2. The van der Waals surface area contributed by atoms with Crippen molar-refractivity contribution in [3.8, 4) is 11.5 Å². The summed E-state index contributed by atoms with van der Waals surface area (Å²) in [5.74, 6) is -11.0. The van der Waals surface area contributed by atoms with Crippen molar-refractivity contribution in [3.63, 3.8) is 0 Å². The number of carbonyl (C=O) groups excluding carboxylic acids is 1. The van der Waals surface area contributed by atoms with Crippen LogP contribution < -0.4 is 20.3 Å². The number of amides is 1. The van der Waals surface area contributed by atoms with Crippen LogP contribution in [0.3, 0.4) is 0 Å². The average molecular weight is 404 g/mol. The van der Waals surface area contributed by atoms with Crippen LogP contribution in [-0.4, -0.2) is 19.1 Å². The number of ether oxygens (including phenoxy) is 2. The molecule has 1 amide bonds. The highest BCUT2D eigenvalue weighted by atomic mass is 19.2. The Labute approximate surface area is 157 Å². The number of hydrogen-bond donors (Lipinski definition) is 2. The molecule has 0 aliphatic carbocycles. The third-order valence-electron chi connectivity index (χ3n) is 3.48. The Morgan fingerprint density at radius 1 is 0.893 bits per heavy atom. The van der Waals surface area contributed by atoms with E-state index in [9.17, 15) is 26.7 Å². The Morgan fingerprint density at radius 3 is 2.07 bits per heavy atom. The maximum atomic E-state index is 13.6. The van der Waals surface area contributed by atoms with Crippen molar-refractivity contribution in [2.75, 3.05) is 18.6 Å². The molecule has 28 heavy (non-hydrogen) atoms. The van der Waals surface area contributed by atoms with Gasteiger partial charge in [0.05, 0.1) is 13.2 Å². The average Bonchev–Trinajstić information content (AvgIpc) is 2.69. The third kappa shape index (κ3) is 4.44. The Hall–Kier alpha value is -3.04. The summed E-state index contributed by atoms with van der Waals surface area (Å²) in [4.78, 5) is 12.2. The van der Waals surface area contributed by atoms with E-state index in [1.54, 1.807) is 12.3 Å². The van der Waals surface area contributed by atoms with Gasteiger partial charge in [0.15, 0.2) is 34.8 Å². The molecule has 0 heterocycles. The topological polar surface area (TPSA) is 59.6 Å². The molecule has 0 bridgehead atoms. The van der Waals surface area contributed by atoms with E-state index in [0.717, 1.165) is 6.42 Å². The molecule has 0 saturated carbocycles. The van der Waals surface area contributed by atoms with E-state index in [1.807, 2.05) is 12.3 Å². The molecule has 2 N–H and O–H groups in total. The van der Waals surface area contributed by atoms with Gasteiger partial charge >= 0.3 is 0 Å². The minimum Gasteiger partial charge on any atom is -0.490 e. The van der Waals surface area contributed by atoms with Gasteiger partial charge in [-0.2, -0.15) is 0 Å². The van der Waals surface area contributed by atoms with Crippen LogP contribution in [0, 0.1) is 29.1 Å². The molecule has 0 radical (unpaired) electrons. The van der Waals surface area contributed by atoms with Gasteiger partial charge in [0, 0.05) is 5.56 Å². The van der Waals surface area contributed by atoms with Gasteiger partial charge in [-0.1, -0.05) is 6.92 Å². The fraction of sp³-hybridized carbons (Fsp3) is 0.278. The summed E-state index contributed by atoms with van der Waals surface area (Å²) in [6.45, 7) is 4.35. The molecule has 2 aromatic carbocycles. The number of nitrogens with one attached hydrogen (secondary N) is 2. The minimum atomic E-state index is -2.30. The van der Waals surface area contributed by atoms with Gasteiger partial charge in [0.1, 0.15) is 5.69 Å². The molecule has 2 rings (SSSR count). The monoisotopic (exact) mass is 404 g/mol. The van der Waals surface area contributed by atoms with E-state index in [-0.39, 0.29) is 17.9 Å². The van der Waals surface area contributed by atoms with Crippen LogP contribution in [0.15, 0.2) is 18.2 Å². The highest BCUT2D eigenvalue weighted by molar-refractivity contribution is 5.95. The highest BCUT2D eigenvalue weighted by Gasteiger charge is 2.26. The van der Waals surface area contributed by atoms with Crippen molar-refractivity contribution < 1.29 is 36.2 Å². The molecule has 0 aliphatic rings. The van der Waals surface area contributed by atoms with E-state index >= 15 is 0 Å². The number of rotatable bonds is 8. The second kappa shape index (κ2) is 9.25. The SMILES string of the molecule is CCCOc1ccc(C(=O)NNc2c(F)c(F)c(F)c(F)c2F)cc1OCC. The highest BCUT2D eigenvalue weighted by Crippen LogP contribution is 2.29. The van der Waals surface area contributed by atoms with E-state index in [4.69, 9.17) is 9.47 Å². The smallest absolute Gasteiger partial charge is 0.269 e. The number of anilines is 1. The molecule has 0 atom stereocenters. The second-order valence-electron chi connectivity index (χ2n) is 5.47. The molecule has 0 unspecified atom stereocenters. The predicted molar refractivity (Wildman–Crippen MR) is 90.7 cm³/mol. The Balaban J connectivity index is 2.21. The molecule has 5 nitrogen and oxygen atoms in total. The van der Waals surface area contributed by atoms with Gasteiger partial charge in [-0.05, 0) is 31.5 Å². The zero-order valence-electron chi connectivity index (χ0n) is 15.0. The lowest BCUT2D eigenvalue weighted by Gasteiger charge is -2.14. The first-order valence-electron chi connectivity index (χ1n) is 8.29. The molecular formula is C18H17F5N2O3. The van der Waals surface area contributed by atoms with Crippen LogP contribution >= 0.6 is 0 Å². The number of benzene rings is 2. The van der Waals surface area contributed by atoms with Crippen molar-refractivity contribution >= 4 is 11.6 Å². The zero-order valence-corrected chi connectivity index (χ0v) is 15.0. The summed E-state index contributed by atoms with van der Waals surface area (Å²) in [5.41, 5.74) is 2.23. The van der Waals surface area contributed by atoms with Gasteiger partial charge in [0.25, 0.3) is 5.91 Å². The van der Waals surface area contributed by atoms with Crippen molar-refractivity contribution in [1.82, 2.24) is 5.43 Å². The van der Waals surface area contributed by atoms with Crippen molar-refractivity contribution in [3.05, 3.63) is 52.8 Å². The summed E-state index contributed by atoms with van der Waals surface area (Å²) in [6.07, 6.45) is 0.750. The Bertz CT molecular complexity index is 848. The van der Waals surface area contributed by atoms with Crippen LogP contribution in [0.25, 0.3) is 0 Å². The molecule has 2 aromatic rings. The standard InChI is InChI=1S/C18H17F5N2O3/c1-3-7-28-10-6-5-9(8-11(10)27-4-2)18(26)25-24-17-15(22)13(20)12(19)14(21)16(17)23/h5-6,8,24H,3-4,7H2,1-2H3,(H,25,26). The fourth-order valence-corrected chi connectivity index (χ4v) is 2.15. The lowest BCUT2D eigenvalue weighted by Crippen LogP contribution is -2.31. The van der Waals surface area contributed by atoms with Gasteiger partial charge in [-0.3, -0.25) is 15.6 Å². The van der Waals surface area contributed by atoms with E-state index in [1.165, 1.54) is 18.2 Å². The normalized spacial score (nSPS) is 10.5. The maximum absolute atomic E-state index is 13.6. The summed E-state index contributed by atoms with van der Waals surface area (Å²) in [5, 5.41) is 0. The van der Waals surface area contributed by atoms with Gasteiger partial charge in [0.2, 0.25) is 5.82 Å². The number of halogens is 5. The first kappa shape index (κ1) is 21.3. The second-order valence-corrected chi connectivity index (χ2v) is 5.47. The van der Waals surface area contributed by atoms with Crippen LogP contribution in [-0.2, 0) is 0 Å². The molecular weight excluding hydrogens is 387 g/mol. The van der Waals surface area contributed by atoms with Crippen molar-refractivity contribution in [2.24, 2.45) is 0 Å². The fourth-order valence-electron chi connectivity index (χ4n) is 2.15. The largest absolute Gasteiger partial charge is 0.490 e. The first-order valence-corrected chi connectivity index (χ1v) is 8.29. The number of carbonyl (C=O) groups is 1. The first-order chi connectivity index (χ1) is 13.3. The summed E-state index contributed by atoms with van der Waals surface area (Å²) < 4.78 is 77.5. The molecule has 0 fully saturated rings. The number of hydrogen-bond acceptors (Lipinski definition) is 4. The maximum Gasteiger partial charge on any atom is 0.269 e. The van der Waals surface area contributed by atoms with Crippen LogP contribution in [0.1, 0.15) is 30.6 Å². The van der Waals surface area contributed by atoms with Gasteiger partial charge < -0.3 is 9.47 Å². The molecule has 152 valence electrons. The van der Waals surface area contributed by atoms with Crippen LogP contribution in [0.4, 0.5) is 27.6 Å². The van der Waals surface area contributed by atoms with E-state index in [2.05, 4.69) is 0 Å². The van der Waals surface area contributed by atoms with Gasteiger partial charge in [-0.15, -0.1) is 0 Å². The minimum absolute atomic E-state index is 0.00340. The molecule has 0 spiro atoms. The van der Waals surface area contributed by atoms with Crippen molar-refractivity contribution in [1.29, 1.82) is 0 Å². The summed E-state index contributed by atoms with van der Waals surface area (Å²) in [6, 6.07) is 4.14. The van der Waals surface area contributed by atoms with Crippen LogP contribution in [0.2, 0.25) is 0 Å². The van der Waals surface area contributed by atoms with E-state index < -0.39 is 40.7 Å². The quantitative estimate of drug-likeness (QED) is 0.298. The lowest BCUT2D eigenvalue weighted by molar-refractivity contribution is 0.0961. The van der Waals surface area contributed by atoms with Crippen molar-refractivity contribution in [2.45, 2.75) is 20.3 Å². The molecule has 10 heteroatoms. The Kier molecular flexibility index (Phi) is 7.02.